The fourth-order valence-corrected chi connectivity index (χ4v) is 2.53. The summed E-state index contributed by atoms with van der Waals surface area (Å²) >= 11 is 1.77. The van der Waals surface area contributed by atoms with Crippen molar-refractivity contribution in [2.45, 2.75) is 26.8 Å². The maximum absolute atomic E-state index is 5.74. The van der Waals surface area contributed by atoms with Crippen molar-refractivity contribution in [3.05, 3.63) is 46.7 Å². The first-order valence-corrected chi connectivity index (χ1v) is 7.56. The first kappa shape index (κ1) is 13.9. The lowest BCUT2D eigenvalue weighted by molar-refractivity contribution is 0.271. The van der Waals surface area contributed by atoms with Gasteiger partial charge in [-0.2, -0.15) is 0 Å². The van der Waals surface area contributed by atoms with Crippen molar-refractivity contribution < 1.29 is 4.74 Å². The quantitative estimate of drug-likeness (QED) is 0.805. The standard InChI is InChI=1S/C16H21NOS/c1-12(2)11-18-15-7-4-6-14(10-15)17-13(3)16-8-5-9-19-16/h4-10,12-13,17H,11H2,1-3H3. The molecule has 1 heterocycles. The largest absolute Gasteiger partial charge is 0.493 e. The summed E-state index contributed by atoms with van der Waals surface area (Å²) in [6, 6.07) is 12.7. The van der Waals surface area contributed by atoms with Gasteiger partial charge in [0.15, 0.2) is 0 Å². The zero-order chi connectivity index (χ0) is 13.7. The average molecular weight is 275 g/mol. The molecule has 1 aromatic heterocycles. The van der Waals surface area contributed by atoms with Crippen LogP contribution < -0.4 is 10.1 Å². The van der Waals surface area contributed by atoms with Crippen LogP contribution in [0.5, 0.6) is 5.75 Å². The van der Waals surface area contributed by atoms with Gasteiger partial charge in [0.25, 0.3) is 0 Å². The van der Waals surface area contributed by atoms with E-state index in [-0.39, 0.29) is 0 Å². The summed E-state index contributed by atoms with van der Waals surface area (Å²) in [5.74, 6) is 1.47. The zero-order valence-electron chi connectivity index (χ0n) is 11.7. The minimum absolute atomic E-state index is 0.320. The van der Waals surface area contributed by atoms with Gasteiger partial charge in [-0.05, 0) is 36.4 Å². The molecule has 0 saturated heterocycles. The van der Waals surface area contributed by atoms with Crippen LogP contribution in [-0.4, -0.2) is 6.61 Å². The Balaban J connectivity index is 1.98. The molecule has 0 radical (unpaired) electrons. The number of hydrogen-bond donors (Lipinski definition) is 1. The molecule has 0 aliphatic carbocycles. The second-order valence-corrected chi connectivity index (χ2v) is 6.09. The van der Waals surface area contributed by atoms with Crippen molar-refractivity contribution >= 4 is 17.0 Å². The lowest BCUT2D eigenvalue weighted by atomic mass is 10.2. The van der Waals surface area contributed by atoms with Gasteiger partial charge < -0.3 is 10.1 Å². The first-order valence-electron chi connectivity index (χ1n) is 6.68. The summed E-state index contributed by atoms with van der Waals surface area (Å²) in [7, 11) is 0. The summed E-state index contributed by atoms with van der Waals surface area (Å²) in [6.07, 6.45) is 0. The molecule has 1 aromatic carbocycles. The van der Waals surface area contributed by atoms with Crippen LogP contribution in [0.3, 0.4) is 0 Å². The molecule has 0 saturated carbocycles. The maximum atomic E-state index is 5.74. The minimum Gasteiger partial charge on any atom is -0.493 e. The topological polar surface area (TPSA) is 21.3 Å². The number of benzene rings is 1. The van der Waals surface area contributed by atoms with Crippen LogP contribution in [0.1, 0.15) is 31.7 Å². The second-order valence-electron chi connectivity index (χ2n) is 5.11. The number of ether oxygens (including phenoxy) is 1. The molecule has 0 amide bonds. The Morgan fingerprint density at radius 3 is 2.68 bits per heavy atom. The molecule has 19 heavy (non-hydrogen) atoms. The van der Waals surface area contributed by atoms with Crippen LogP contribution in [0.25, 0.3) is 0 Å². The van der Waals surface area contributed by atoms with Gasteiger partial charge in [-0.1, -0.05) is 26.0 Å². The van der Waals surface area contributed by atoms with E-state index in [0.717, 1.165) is 18.0 Å². The molecule has 0 fully saturated rings. The SMILES string of the molecule is CC(C)COc1cccc(NC(C)c2cccs2)c1. The zero-order valence-corrected chi connectivity index (χ0v) is 12.5. The molecule has 0 spiro atoms. The molecule has 1 atom stereocenters. The summed E-state index contributed by atoms with van der Waals surface area (Å²) in [5.41, 5.74) is 1.10. The lowest BCUT2D eigenvalue weighted by Gasteiger charge is -2.15. The van der Waals surface area contributed by atoms with E-state index in [1.807, 2.05) is 12.1 Å². The Bertz CT molecular complexity index is 493. The highest BCUT2D eigenvalue weighted by Crippen LogP contribution is 2.25. The second kappa shape index (κ2) is 6.62. The number of thiophene rings is 1. The van der Waals surface area contributed by atoms with E-state index in [1.165, 1.54) is 4.88 Å². The van der Waals surface area contributed by atoms with Gasteiger partial charge in [0.05, 0.1) is 12.6 Å². The van der Waals surface area contributed by atoms with Crippen LogP contribution in [0.2, 0.25) is 0 Å². The smallest absolute Gasteiger partial charge is 0.121 e. The molecule has 1 N–H and O–H groups in total. The highest BCUT2D eigenvalue weighted by atomic mass is 32.1. The van der Waals surface area contributed by atoms with E-state index in [2.05, 4.69) is 55.7 Å². The van der Waals surface area contributed by atoms with Gasteiger partial charge in [0.2, 0.25) is 0 Å². The van der Waals surface area contributed by atoms with E-state index in [9.17, 15) is 0 Å². The van der Waals surface area contributed by atoms with Crippen molar-refractivity contribution in [3.63, 3.8) is 0 Å². The van der Waals surface area contributed by atoms with Crippen LogP contribution in [-0.2, 0) is 0 Å². The summed E-state index contributed by atoms with van der Waals surface area (Å²) in [6.45, 7) is 7.24. The molecule has 0 bridgehead atoms. The highest BCUT2D eigenvalue weighted by Gasteiger charge is 2.06. The monoisotopic (exact) mass is 275 g/mol. The molecule has 2 nitrogen and oxygen atoms in total. The Labute approximate surface area is 119 Å². The van der Waals surface area contributed by atoms with Crippen molar-refractivity contribution in [2.24, 2.45) is 5.92 Å². The number of hydrogen-bond acceptors (Lipinski definition) is 3. The Morgan fingerprint density at radius 2 is 2.00 bits per heavy atom. The van der Waals surface area contributed by atoms with E-state index in [1.54, 1.807) is 11.3 Å². The van der Waals surface area contributed by atoms with Gasteiger partial charge in [-0.15, -0.1) is 11.3 Å². The lowest BCUT2D eigenvalue weighted by Crippen LogP contribution is -2.06. The minimum atomic E-state index is 0.320. The van der Waals surface area contributed by atoms with E-state index in [4.69, 9.17) is 4.74 Å². The van der Waals surface area contributed by atoms with Crippen LogP contribution in [0.4, 0.5) is 5.69 Å². The molecule has 2 rings (SSSR count). The number of anilines is 1. The number of rotatable bonds is 6. The molecule has 2 aromatic rings. The molecular formula is C16H21NOS. The van der Waals surface area contributed by atoms with Crippen molar-refractivity contribution in [1.82, 2.24) is 0 Å². The van der Waals surface area contributed by atoms with Crippen molar-refractivity contribution in [2.75, 3.05) is 11.9 Å². The summed E-state index contributed by atoms with van der Waals surface area (Å²) in [5, 5.41) is 5.61. The van der Waals surface area contributed by atoms with E-state index < -0.39 is 0 Å². The van der Waals surface area contributed by atoms with Crippen LogP contribution in [0, 0.1) is 5.92 Å². The molecule has 102 valence electrons. The summed E-state index contributed by atoms with van der Waals surface area (Å²) in [4.78, 5) is 1.34. The Hall–Kier alpha value is -1.48. The third-order valence-corrected chi connectivity index (χ3v) is 3.83. The fourth-order valence-electron chi connectivity index (χ4n) is 1.80. The molecule has 3 heteroatoms. The van der Waals surface area contributed by atoms with Crippen molar-refractivity contribution in [1.29, 1.82) is 0 Å². The first-order chi connectivity index (χ1) is 9.15. The Morgan fingerprint density at radius 1 is 1.16 bits per heavy atom. The van der Waals surface area contributed by atoms with E-state index >= 15 is 0 Å². The van der Waals surface area contributed by atoms with Gasteiger partial charge in [0.1, 0.15) is 5.75 Å². The van der Waals surface area contributed by atoms with Gasteiger partial charge in [0, 0.05) is 16.6 Å². The average Bonchev–Trinajstić information content (AvgIpc) is 2.91. The van der Waals surface area contributed by atoms with Gasteiger partial charge in [-0.25, -0.2) is 0 Å². The van der Waals surface area contributed by atoms with Crippen LogP contribution in [0.15, 0.2) is 41.8 Å². The predicted octanol–water partition coefficient (Wildman–Crippen LogP) is 4.96. The molecule has 0 aliphatic rings. The number of nitrogens with one attached hydrogen (secondary N) is 1. The van der Waals surface area contributed by atoms with E-state index in [0.29, 0.717) is 12.0 Å². The molecule has 0 aliphatic heterocycles. The van der Waals surface area contributed by atoms with Crippen LogP contribution >= 0.6 is 11.3 Å². The maximum Gasteiger partial charge on any atom is 0.121 e. The van der Waals surface area contributed by atoms with Gasteiger partial charge >= 0.3 is 0 Å². The third kappa shape index (κ3) is 4.28. The van der Waals surface area contributed by atoms with Crippen molar-refractivity contribution in [3.8, 4) is 5.75 Å². The highest BCUT2D eigenvalue weighted by molar-refractivity contribution is 7.10. The Kier molecular flexibility index (Phi) is 4.86. The molecule has 1 unspecified atom stereocenters. The normalized spacial score (nSPS) is 12.4. The predicted molar refractivity (Wildman–Crippen MR) is 83.1 cm³/mol. The fraction of sp³-hybridized carbons (Fsp3) is 0.375. The third-order valence-electron chi connectivity index (χ3n) is 2.77. The summed E-state index contributed by atoms with van der Waals surface area (Å²) < 4.78 is 5.74. The molecular weight excluding hydrogens is 254 g/mol. The van der Waals surface area contributed by atoms with Gasteiger partial charge in [-0.3, -0.25) is 0 Å².